The minimum Gasteiger partial charge on any atom is -0.343 e. The SMILES string of the molecule is Cc1cc(C)c(C2C(=O)NC(C)(C(C)C)C2=O)c(C)c1. The molecule has 108 valence electrons. The van der Waals surface area contributed by atoms with Crippen molar-refractivity contribution in [2.24, 2.45) is 5.92 Å². The van der Waals surface area contributed by atoms with Gasteiger partial charge in [-0.1, -0.05) is 31.5 Å². The highest BCUT2D eigenvalue weighted by atomic mass is 16.2. The van der Waals surface area contributed by atoms with Gasteiger partial charge in [-0.15, -0.1) is 0 Å². The number of nitrogens with one attached hydrogen (secondary N) is 1. The van der Waals surface area contributed by atoms with Crippen molar-refractivity contribution in [3.63, 3.8) is 0 Å². The molecule has 2 unspecified atom stereocenters. The van der Waals surface area contributed by atoms with E-state index in [0.717, 1.165) is 22.3 Å². The molecule has 0 aliphatic carbocycles. The lowest BCUT2D eigenvalue weighted by Gasteiger charge is -2.27. The summed E-state index contributed by atoms with van der Waals surface area (Å²) in [7, 11) is 0. The minimum atomic E-state index is -0.758. The lowest BCUT2D eigenvalue weighted by molar-refractivity contribution is -0.125. The Labute approximate surface area is 120 Å². The Morgan fingerprint density at radius 3 is 2.00 bits per heavy atom. The maximum Gasteiger partial charge on any atom is 0.235 e. The van der Waals surface area contributed by atoms with Crippen molar-refractivity contribution in [3.05, 3.63) is 34.4 Å². The molecule has 0 bridgehead atoms. The molecule has 1 heterocycles. The van der Waals surface area contributed by atoms with E-state index >= 15 is 0 Å². The first kappa shape index (κ1) is 14.8. The molecule has 3 nitrogen and oxygen atoms in total. The summed E-state index contributed by atoms with van der Waals surface area (Å²) in [6, 6.07) is 4.07. The number of rotatable bonds is 2. The molecule has 1 aliphatic rings. The van der Waals surface area contributed by atoms with Crippen LogP contribution in [0.4, 0.5) is 0 Å². The highest BCUT2D eigenvalue weighted by Gasteiger charge is 2.52. The van der Waals surface area contributed by atoms with E-state index in [2.05, 4.69) is 5.32 Å². The number of hydrogen-bond donors (Lipinski definition) is 1. The molecule has 0 saturated carbocycles. The second kappa shape index (κ2) is 4.72. The first-order valence-electron chi connectivity index (χ1n) is 7.12. The van der Waals surface area contributed by atoms with Crippen molar-refractivity contribution in [1.82, 2.24) is 5.32 Å². The minimum absolute atomic E-state index is 0.00690. The highest BCUT2D eigenvalue weighted by molar-refractivity contribution is 6.17. The number of hydrogen-bond acceptors (Lipinski definition) is 2. The first-order valence-corrected chi connectivity index (χ1v) is 7.12. The summed E-state index contributed by atoms with van der Waals surface area (Å²) in [5.74, 6) is -0.758. The number of aryl methyl sites for hydroxylation is 3. The standard InChI is InChI=1S/C17H23NO2/c1-9(2)17(6)15(19)14(16(20)18-17)13-11(4)7-10(3)8-12(13)5/h7-9,14H,1-6H3,(H,18,20). The van der Waals surface area contributed by atoms with Gasteiger partial charge in [0.15, 0.2) is 5.78 Å². The fraction of sp³-hybridized carbons (Fsp3) is 0.529. The molecular weight excluding hydrogens is 250 g/mol. The van der Waals surface area contributed by atoms with Crippen LogP contribution < -0.4 is 5.32 Å². The van der Waals surface area contributed by atoms with Crippen molar-refractivity contribution in [3.8, 4) is 0 Å². The largest absolute Gasteiger partial charge is 0.343 e. The molecule has 2 rings (SSSR count). The summed E-state index contributed by atoms with van der Waals surface area (Å²) in [5, 5.41) is 2.91. The number of ketones is 1. The van der Waals surface area contributed by atoms with Crippen LogP contribution in [0.2, 0.25) is 0 Å². The van der Waals surface area contributed by atoms with E-state index in [-0.39, 0.29) is 17.6 Å². The average molecular weight is 273 g/mol. The first-order chi connectivity index (χ1) is 9.18. The molecule has 2 atom stereocenters. The third kappa shape index (κ3) is 2.05. The second-order valence-corrected chi connectivity index (χ2v) is 6.46. The predicted molar refractivity (Wildman–Crippen MR) is 79.8 cm³/mol. The van der Waals surface area contributed by atoms with Crippen LogP contribution in [0.1, 0.15) is 48.9 Å². The quantitative estimate of drug-likeness (QED) is 0.842. The van der Waals surface area contributed by atoms with Crippen molar-refractivity contribution in [2.45, 2.75) is 53.0 Å². The van der Waals surface area contributed by atoms with E-state index in [1.54, 1.807) is 0 Å². The third-order valence-electron chi connectivity index (χ3n) is 4.60. The normalized spacial score (nSPS) is 26.2. The molecule has 1 N–H and O–H groups in total. The maximum absolute atomic E-state index is 12.8. The van der Waals surface area contributed by atoms with Gasteiger partial charge in [-0.05, 0) is 50.3 Å². The Morgan fingerprint density at radius 2 is 1.60 bits per heavy atom. The van der Waals surface area contributed by atoms with Crippen molar-refractivity contribution in [1.29, 1.82) is 0 Å². The fourth-order valence-electron chi connectivity index (χ4n) is 3.15. The highest BCUT2D eigenvalue weighted by Crippen LogP contribution is 2.36. The van der Waals surface area contributed by atoms with Crippen LogP contribution in [0.25, 0.3) is 0 Å². The van der Waals surface area contributed by atoms with E-state index in [1.165, 1.54) is 0 Å². The molecule has 1 saturated heterocycles. The summed E-state index contributed by atoms with van der Waals surface area (Å²) in [4.78, 5) is 25.1. The number of Topliss-reactive ketones (excluding diaryl/α,β-unsaturated/α-hetero) is 1. The lowest BCUT2D eigenvalue weighted by atomic mass is 9.79. The topological polar surface area (TPSA) is 46.2 Å². The summed E-state index contributed by atoms with van der Waals surface area (Å²) >= 11 is 0. The fourth-order valence-corrected chi connectivity index (χ4v) is 3.15. The summed E-state index contributed by atoms with van der Waals surface area (Å²) < 4.78 is 0. The van der Waals surface area contributed by atoms with Crippen molar-refractivity contribution < 1.29 is 9.59 Å². The number of carbonyl (C=O) groups excluding carboxylic acids is 2. The molecule has 1 aromatic rings. The molecular formula is C17H23NO2. The zero-order chi connectivity index (χ0) is 15.2. The third-order valence-corrected chi connectivity index (χ3v) is 4.60. The van der Waals surface area contributed by atoms with Gasteiger partial charge in [0.1, 0.15) is 5.92 Å². The van der Waals surface area contributed by atoms with Crippen LogP contribution in [0.5, 0.6) is 0 Å². The van der Waals surface area contributed by atoms with E-state index in [4.69, 9.17) is 0 Å². The maximum atomic E-state index is 12.8. The molecule has 1 amide bonds. The van der Waals surface area contributed by atoms with Gasteiger partial charge in [-0.3, -0.25) is 9.59 Å². The van der Waals surface area contributed by atoms with Gasteiger partial charge in [-0.2, -0.15) is 0 Å². The Bertz CT molecular complexity index is 566. The summed E-state index contributed by atoms with van der Waals surface area (Å²) in [6.45, 7) is 11.7. The van der Waals surface area contributed by atoms with Crippen LogP contribution in [0.3, 0.4) is 0 Å². The zero-order valence-electron chi connectivity index (χ0n) is 13.1. The number of amides is 1. The molecule has 0 radical (unpaired) electrons. The van der Waals surface area contributed by atoms with E-state index in [0.29, 0.717) is 0 Å². The molecule has 0 aromatic heterocycles. The van der Waals surface area contributed by atoms with Gasteiger partial charge < -0.3 is 5.32 Å². The average Bonchev–Trinajstić information content (AvgIpc) is 2.52. The summed E-state index contributed by atoms with van der Waals surface area (Å²) in [5.41, 5.74) is 3.31. The number of benzene rings is 1. The Morgan fingerprint density at radius 1 is 1.10 bits per heavy atom. The van der Waals surface area contributed by atoms with Crippen LogP contribution >= 0.6 is 0 Å². The molecule has 0 spiro atoms. The second-order valence-electron chi connectivity index (χ2n) is 6.46. The van der Waals surface area contributed by atoms with Gasteiger partial charge in [0, 0.05) is 0 Å². The van der Waals surface area contributed by atoms with E-state index < -0.39 is 11.5 Å². The van der Waals surface area contributed by atoms with Crippen LogP contribution in [-0.2, 0) is 9.59 Å². The Balaban J connectivity index is 2.55. The predicted octanol–water partition coefficient (Wildman–Crippen LogP) is 2.81. The van der Waals surface area contributed by atoms with Crippen LogP contribution in [-0.4, -0.2) is 17.2 Å². The number of carbonyl (C=O) groups is 2. The van der Waals surface area contributed by atoms with Gasteiger partial charge >= 0.3 is 0 Å². The van der Waals surface area contributed by atoms with Gasteiger partial charge in [-0.25, -0.2) is 0 Å². The molecule has 3 heteroatoms. The van der Waals surface area contributed by atoms with Gasteiger partial charge in [0.25, 0.3) is 0 Å². The monoisotopic (exact) mass is 273 g/mol. The van der Waals surface area contributed by atoms with Gasteiger partial charge in [0.2, 0.25) is 5.91 Å². The van der Waals surface area contributed by atoms with Crippen molar-refractivity contribution in [2.75, 3.05) is 0 Å². The Hall–Kier alpha value is -1.64. The molecule has 1 aromatic carbocycles. The molecule has 1 aliphatic heterocycles. The lowest BCUT2D eigenvalue weighted by Crippen LogP contribution is -2.48. The van der Waals surface area contributed by atoms with E-state index in [1.807, 2.05) is 53.7 Å². The van der Waals surface area contributed by atoms with Crippen LogP contribution in [0, 0.1) is 26.7 Å². The van der Waals surface area contributed by atoms with Gasteiger partial charge in [0.05, 0.1) is 5.54 Å². The Kier molecular flexibility index (Phi) is 3.49. The van der Waals surface area contributed by atoms with Crippen molar-refractivity contribution >= 4 is 11.7 Å². The van der Waals surface area contributed by atoms with Crippen LogP contribution in [0.15, 0.2) is 12.1 Å². The molecule has 20 heavy (non-hydrogen) atoms. The molecule has 1 fully saturated rings. The smallest absolute Gasteiger partial charge is 0.235 e. The van der Waals surface area contributed by atoms with E-state index in [9.17, 15) is 9.59 Å². The zero-order valence-corrected chi connectivity index (χ0v) is 13.1. The summed E-state index contributed by atoms with van der Waals surface area (Å²) in [6.07, 6.45) is 0.